The maximum atomic E-state index is 12.9. The first kappa shape index (κ1) is 70.1. The Labute approximate surface area is 457 Å². The van der Waals surface area contributed by atoms with Crippen LogP contribution in [0.5, 0.6) is 0 Å². The molecule has 0 radical (unpaired) electrons. The maximum absolute atomic E-state index is 12.9. The van der Waals surface area contributed by atoms with E-state index in [2.05, 4.69) is 130 Å². The molecular formula is C68H114O6. The fourth-order valence-corrected chi connectivity index (χ4v) is 8.39. The van der Waals surface area contributed by atoms with Gasteiger partial charge >= 0.3 is 17.9 Å². The summed E-state index contributed by atoms with van der Waals surface area (Å²) < 4.78 is 16.9. The summed E-state index contributed by atoms with van der Waals surface area (Å²) >= 11 is 0. The van der Waals surface area contributed by atoms with E-state index in [0.29, 0.717) is 19.3 Å². The Kier molecular flexibility index (Phi) is 58.3. The number of allylic oxidation sites excluding steroid dienone is 18. The van der Waals surface area contributed by atoms with Crippen molar-refractivity contribution in [2.75, 3.05) is 13.2 Å². The smallest absolute Gasteiger partial charge is 0.306 e. The monoisotopic (exact) mass is 1030 g/mol. The van der Waals surface area contributed by atoms with E-state index in [0.717, 1.165) is 122 Å². The predicted molar refractivity (Wildman–Crippen MR) is 320 cm³/mol. The van der Waals surface area contributed by atoms with Crippen molar-refractivity contribution in [2.24, 2.45) is 0 Å². The molecule has 74 heavy (non-hydrogen) atoms. The average Bonchev–Trinajstić information content (AvgIpc) is 3.40. The van der Waals surface area contributed by atoms with E-state index >= 15 is 0 Å². The van der Waals surface area contributed by atoms with E-state index in [1.807, 2.05) is 0 Å². The molecule has 0 bridgehead atoms. The Morgan fingerprint density at radius 2 is 0.527 bits per heavy atom. The molecule has 0 saturated heterocycles. The number of carbonyl (C=O) groups is 3. The number of carbonyl (C=O) groups excluding carboxylic acids is 3. The van der Waals surface area contributed by atoms with Crippen molar-refractivity contribution in [3.63, 3.8) is 0 Å². The number of unbranched alkanes of at least 4 members (excludes halogenated alkanes) is 26. The molecule has 1 unspecified atom stereocenters. The molecule has 0 spiro atoms. The quantitative estimate of drug-likeness (QED) is 0.0261. The lowest BCUT2D eigenvalue weighted by molar-refractivity contribution is -0.167. The molecule has 0 aromatic heterocycles. The van der Waals surface area contributed by atoms with Gasteiger partial charge in [-0.3, -0.25) is 14.4 Å². The van der Waals surface area contributed by atoms with Crippen molar-refractivity contribution in [3.05, 3.63) is 109 Å². The fourth-order valence-electron chi connectivity index (χ4n) is 8.39. The van der Waals surface area contributed by atoms with Crippen molar-refractivity contribution in [2.45, 2.75) is 290 Å². The molecule has 1 atom stereocenters. The highest BCUT2D eigenvalue weighted by Gasteiger charge is 2.19. The lowest BCUT2D eigenvalue weighted by Gasteiger charge is -2.18. The van der Waals surface area contributed by atoms with E-state index in [-0.39, 0.29) is 31.1 Å². The van der Waals surface area contributed by atoms with Crippen molar-refractivity contribution < 1.29 is 28.6 Å². The molecule has 0 heterocycles. The molecule has 0 aliphatic carbocycles. The summed E-state index contributed by atoms with van der Waals surface area (Å²) in [5.41, 5.74) is 0. The Morgan fingerprint density at radius 3 is 0.865 bits per heavy atom. The summed E-state index contributed by atoms with van der Waals surface area (Å²) in [5.74, 6) is -0.927. The van der Waals surface area contributed by atoms with Gasteiger partial charge in [-0.15, -0.1) is 0 Å². The summed E-state index contributed by atoms with van der Waals surface area (Å²) in [6.45, 7) is 6.48. The SMILES string of the molecule is CC/C=C\C/C=C\C/C=C\C/C=C\C/C=C\C/C=C\C/C=C\CCCCCC(=O)OCC(COC(=O)CCCCCCCCCCCCCCCC)OC(=O)CCCCCCCCC/C=C\C/C=C\CCCCC. The molecule has 0 aromatic rings. The first-order chi connectivity index (χ1) is 36.5. The highest BCUT2D eigenvalue weighted by atomic mass is 16.6. The average molecular weight is 1030 g/mol. The van der Waals surface area contributed by atoms with E-state index in [4.69, 9.17) is 14.2 Å². The van der Waals surface area contributed by atoms with Crippen LogP contribution < -0.4 is 0 Å². The number of rotatable bonds is 55. The van der Waals surface area contributed by atoms with Crippen molar-refractivity contribution in [1.29, 1.82) is 0 Å². The third-order valence-electron chi connectivity index (χ3n) is 13.0. The Morgan fingerprint density at radius 1 is 0.284 bits per heavy atom. The van der Waals surface area contributed by atoms with Crippen LogP contribution in [-0.4, -0.2) is 37.2 Å². The molecule has 0 fully saturated rings. The van der Waals surface area contributed by atoms with E-state index in [1.165, 1.54) is 122 Å². The van der Waals surface area contributed by atoms with Gasteiger partial charge in [0.2, 0.25) is 0 Å². The van der Waals surface area contributed by atoms with Crippen molar-refractivity contribution in [1.82, 2.24) is 0 Å². The number of hydrogen-bond donors (Lipinski definition) is 0. The van der Waals surface area contributed by atoms with Gasteiger partial charge in [-0.2, -0.15) is 0 Å². The van der Waals surface area contributed by atoms with Gasteiger partial charge in [0.25, 0.3) is 0 Å². The third-order valence-corrected chi connectivity index (χ3v) is 13.0. The second kappa shape index (κ2) is 61.6. The summed E-state index contributed by atoms with van der Waals surface area (Å²) in [6, 6.07) is 0. The second-order valence-corrected chi connectivity index (χ2v) is 20.2. The zero-order valence-electron chi connectivity index (χ0n) is 48.3. The molecule has 6 nitrogen and oxygen atoms in total. The Bertz CT molecular complexity index is 1510. The van der Waals surface area contributed by atoms with Crippen LogP contribution in [-0.2, 0) is 28.6 Å². The highest BCUT2D eigenvalue weighted by Crippen LogP contribution is 2.15. The van der Waals surface area contributed by atoms with Crippen LogP contribution in [0.15, 0.2) is 109 Å². The zero-order chi connectivity index (χ0) is 53.6. The van der Waals surface area contributed by atoms with Gasteiger partial charge in [0.05, 0.1) is 0 Å². The van der Waals surface area contributed by atoms with E-state index in [1.54, 1.807) is 0 Å². The van der Waals surface area contributed by atoms with Gasteiger partial charge in [0.15, 0.2) is 6.10 Å². The Balaban J connectivity index is 4.44. The molecule has 422 valence electrons. The zero-order valence-corrected chi connectivity index (χ0v) is 48.3. The summed E-state index contributed by atoms with van der Waals surface area (Å²) in [4.78, 5) is 38.3. The van der Waals surface area contributed by atoms with Gasteiger partial charge in [-0.25, -0.2) is 0 Å². The van der Waals surface area contributed by atoms with Crippen molar-refractivity contribution in [3.8, 4) is 0 Å². The topological polar surface area (TPSA) is 78.9 Å². The molecule has 0 rings (SSSR count). The van der Waals surface area contributed by atoms with Crippen LogP contribution in [0.3, 0.4) is 0 Å². The minimum absolute atomic E-state index is 0.0910. The predicted octanol–water partition coefficient (Wildman–Crippen LogP) is 21.0. The number of esters is 3. The lowest BCUT2D eigenvalue weighted by Crippen LogP contribution is -2.30. The minimum atomic E-state index is -0.797. The second-order valence-electron chi connectivity index (χ2n) is 20.2. The molecule has 0 aromatic carbocycles. The van der Waals surface area contributed by atoms with Crippen LogP contribution in [0, 0.1) is 0 Å². The van der Waals surface area contributed by atoms with Gasteiger partial charge in [-0.1, -0.05) is 265 Å². The molecule has 0 saturated carbocycles. The Hall–Kier alpha value is -3.93. The van der Waals surface area contributed by atoms with Crippen LogP contribution >= 0.6 is 0 Å². The van der Waals surface area contributed by atoms with E-state index < -0.39 is 6.10 Å². The fraction of sp³-hybridized carbons (Fsp3) is 0.691. The summed E-state index contributed by atoms with van der Waals surface area (Å²) in [7, 11) is 0. The third kappa shape index (κ3) is 59.0. The molecule has 0 amide bonds. The van der Waals surface area contributed by atoms with Crippen LogP contribution in [0.2, 0.25) is 0 Å². The first-order valence-electron chi connectivity index (χ1n) is 30.9. The molecule has 0 aliphatic heterocycles. The first-order valence-corrected chi connectivity index (χ1v) is 30.9. The maximum Gasteiger partial charge on any atom is 0.306 e. The number of hydrogen-bond acceptors (Lipinski definition) is 6. The van der Waals surface area contributed by atoms with Gasteiger partial charge in [0.1, 0.15) is 13.2 Å². The number of ether oxygens (including phenoxy) is 3. The largest absolute Gasteiger partial charge is 0.462 e. The highest BCUT2D eigenvalue weighted by molar-refractivity contribution is 5.71. The standard InChI is InChI=1S/C68H114O6/c1-4-7-10-13-16-19-22-25-28-30-31-32-33-34-35-36-37-39-40-43-46-49-52-55-58-61-67(70)73-64-65(63-72-66(69)60-57-54-51-48-45-42-27-24-21-18-15-12-9-6-3)74-68(71)62-59-56-53-50-47-44-41-38-29-26-23-20-17-14-11-8-5-2/h7,10,16-17,19-20,25-26,28-29,31-32,34-35,37,39,43,46,65H,4-6,8-9,11-15,18,21-24,27,30,33,36,38,40-42,44-45,47-64H2,1-3H3/b10-7-,19-16-,20-17-,28-25-,29-26-,32-31-,35-34-,39-37-,46-43-. The van der Waals surface area contributed by atoms with Crippen LogP contribution in [0.25, 0.3) is 0 Å². The summed E-state index contributed by atoms with van der Waals surface area (Å²) in [6.07, 6.45) is 83.6. The van der Waals surface area contributed by atoms with Crippen molar-refractivity contribution >= 4 is 17.9 Å². The van der Waals surface area contributed by atoms with Crippen LogP contribution in [0.4, 0.5) is 0 Å². The van der Waals surface area contributed by atoms with Crippen LogP contribution in [0.1, 0.15) is 284 Å². The molecule has 6 heteroatoms. The summed E-state index contributed by atoms with van der Waals surface area (Å²) in [5, 5.41) is 0. The molecule has 0 aliphatic rings. The van der Waals surface area contributed by atoms with E-state index in [9.17, 15) is 14.4 Å². The minimum Gasteiger partial charge on any atom is -0.462 e. The molecule has 0 N–H and O–H groups in total. The lowest BCUT2D eigenvalue weighted by atomic mass is 10.0. The normalized spacial score (nSPS) is 12.9. The molecular weight excluding hydrogens is 913 g/mol. The van der Waals surface area contributed by atoms with Gasteiger partial charge in [0, 0.05) is 19.3 Å². The van der Waals surface area contributed by atoms with Gasteiger partial charge < -0.3 is 14.2 Å². The van der Waals surface area contributed by atoms with Gasteiger partial charge in [-0.05, 0) is 109 Å².